The molecular formula is C10H12O6S. The van der Waals surface area contributed by atoms with Gasteiger partial charge >= 0.3 is 5.97 Å². The fraction of sp³-hybridized carbons (Fsp3) is 0.300. The van der Waals surface area contributed by atoms with Crippen molar-refractivity contribution in [3.63, 3.8) is 0 Å². The first kappa shape index (κ1) is 13.6. The molecule has 0 aliphatic heterocycles. The van der Waals surface area contributed by atoms with Gasteiger partial charge in [0.05, 0.1) is 24.0 Å². The minimum atomic E-state index is -3.94. The van der Waals surface area contributed by atoms with Gasteiger partial charge in [-0.05, 0) is 12.1 Å². The summed E-state index contributed by atoms with van der Waals surface area (Å²) < 4.78 is 27.6. The van der Waals surface area contributed by atoms with E-state index in [1.165, 1.54) is 24.3 Å². The van der Waals surface area contributed by atoms with Crippen LogP contribution in [0, 0.1) is 0 Å². The number of hydrogen-bond acceptors (Lipinski definition) is 5. The quantitative estimate of drug-likeness (QED) is 0.710. The zero-order valence-corrected chi connectivity index (χ0v) is 9.63. The lowest BCUT2D eigenvalue weighted by atomic mass is 10.3. The molecule has 1 atom stereocenters. The van der Waals surface area contributed by atoms with Gasteiger partial charge in [0, 0.05) is 0 Å². The highest BCUT2D eigenvalue weighted by atomic mass is 32.2. The zero-order valence-electron chi connectivity index (χ0n) is 8.81. The molecule has 94 valence electrons. The topological polar surface area (TPSA) is 101 Å². The van der Waals surface area contributed by atoms with Crippen molar-refractivity contribution in [2.75, 3.05) is 6.61 Å². The predicted octanol–water partition coefficient (Wildman–Crippen LogP) is 0.227. The van der Waals surface area contributed by atoms with Crippen molar-refractivity contribution < 1.29 is 27.6 Å². The number of aliphatic hydroxyl groups is 1. The van der Waals surface area contributed by atoms with E-state index in [1.54, 1.807) is 6.07 Å². The van der Waals surface area contributed by atoms with Crippen LogP contribution in [0.5, 0.6) is 0 Å². The monoisotopic (exact) mass is 260 g/mol. The van der Waals surface area contributed by atoms with Gasteiger partial charge < -0.3 is 10.2 Å². The number of rotatable bonds is 6. The van der Waals surface area contributed by atoms with Crippen LogP contribution >= 0.6 is 0 Å². The van der Waals surface area contributed by atoms with E-state index in [0.717, 1.165) is 0 Å². The zero-order chi connectivity index (χ0) is 12.9. The SMILES string of the molecule is O=C(O)CC(O)COS(=O)(=O)c1ccccc1. The third kappa shape index (κ3) is 4.51. The fourth-order valence-corrected chi connectivity index (χ4v) is 2.05. The summed E-state index contributed by atoms with van der Waals surface area (Å²) in [5.74, 6) is -1.22. The van der Waals surface area contributed by atoms with Gasteiger partial charge in [0.1, 0.15) is 0 Å². The lowest BCUT2D eigenvalue weighted by Crippen LogP contribution is -2.21. The van der Waals surface area contributed by atoms with Crippen molar-refractivity contribution in [1.82, 2.24) is 0 Å². The van der Waals surface area contributed by atoms with Crippen molar-refractivity contribution in [2.45, 2.75) is 17.4 Å². The molecule has 0 aliphatic carbocycles. The van der Waals surface area contributed by atoms with E-state index in [4.69, 9.17) is 10.2 Å². The van der Waals surface area contributed by atoms with Crippen LogP contribution in [0.15, 0.2) is 35.2 Å². The second kappa shape index (κ2) is 5.76. The Morgan fingerprint density at radius 3 is 2.41 bits per heavy atom. The van der Waals surface area contributed by atoms with Crippen LogP contribution in [0.3, 0.4) is 0 Å². The lowest BCUT2D eigenvalue weighted by Gasteiger charge is -2.09. The minimum absolute atomic E-state index is 0.0393. The Morgan fingerprint density at radius 1 is 1.29 bits per heavy atom. The molecule has 0 radical (unpaired) electrons. The molecule has 1 unspecified atom stereocenters. The number of carbonyl (C=O) groups is 1. The molecule has 0 fully saturated rings. The van der Waals surface area contributed by atoms with Crippen LogP contribution in [0.2, 0.25) is 0 Å². The van der Waals surface area contributed by atoms with Gasteiger partial charge in [-0.1, -0.05) is 18.2 Å². The first-order valence-corrected chi connectivity index (χ1v) is 6.17. The molecule has 0 spiro atoms. The van der Waals surface area contributed by atoms with Gasteiger partial charge in [-0.15, -0.1) is 0 Å². The molecule has 0 saturated heterocycles. The Hall–Kier alpha value is -1.44. The van der Waals surface area contributed by atoms with E-state index < -0.39 is 35.2 Å². The molecule has 0 aliphatic rings. The van der Waals surface area contributed by atoms with Crippen molar-refractivity contribution >= 4 is 16.1 Å². The van der Waals surface area contributed by atoms with Crippen molar-refractivity contribution in [3.8, 4) is 0 Å². The van der Waals surface area contributed by atoms with Crippen LogP contribution in [0.25, 0.3) is 0 Å². The second-order valence-electron chi connectivity index (χ2n) is 3.30. The highest BCUT2D eigenvalue weighted by Gasteiger charge is 2.18. The van der Waals surface area contributed by atoms with Crippen molar-refractivity contribution in [2.24, 2.45) is 0 Å². The van der Waals surface area contributed by atoms with Gasteiger partial charge in [-0.25, -0.2) is 0 Å². The maximum Gasteiger partial charge on any atom is 0.306 e. The van der Waals surface area contributed by atoms with Gasteiger partial charge in [0.2, 0.25) is 0 Å². The molecule has 0 saturated carbocycles. The number of carboxylic acid groups (broad SMARTS) is 1. The summed E-state index contributed by atoms with van der Waals surface area (Å²) in [6, 6.07) is 7.41. The Labute approximate surface area is 98.6 Å². The van der Waals surface area contributed by atoms with Crippen molar-refractivity contribution in [3.05, 3.63) is 30.3 Å². The Bertz CT molecular complexity index is 467. The lowest BCUT2D eigenvalue weighted by molar-refractivity contribution is -0.139. The van der Waals surface area contributed by atoms with Gasteiger partial charge in [0.25, 0.3) is 10.1 Å². The smallest absolute Gasteiger partial charge is 0.306 e. The van der Waals surface area contributed by atoms with Crippen LogP contribution in [-0.2, 0) is 19.1 Å². The maximum atomic E-state index is 11.5. The molecule has 1 rings (SSSR count). The van der Waals surface area contributed by atoms with E-state index in [0.29, 0.717) is 0 Å². The number of aliphatic hydroxyl groups excluding tert-OH is 1. The molecule has 2 N–H and O–H groups in total. The van der Waals surface area contributed by atoms with E-state index in [1.807, 2.05) is 0 Å². The Balaban J connectivity index is 2.60. The summed E-state index contributed by atoms with van der Waals surface area (Å²) in [7, 11) is -3.94. The third-order valence-corrected chi connectivity index (χ3v) is 3.15. The minimum Gasteiger partial charge on any atom is -0.481 e. The number of benzene rings is 1. The maximum absolute atomic E-state index is 11.5. The average Bonchev–Trinajstić information content (AvgIpc) is 2.27. The molecular weight excluding hydrogens is 248 g/mol. The predicted molar refractivity (Wildman–Crippen MR) is 57.8 cm³/mol. The van der Waals surface area contributed by atoms with E-state index in [-0.39, 0.29) is 4.90 Å². The van der Waals surface area contributed by atoms with Gasteiger partial charge in [0.15, 0.2) is 0 Å². The third-order valence-electron chi connectivity index (χ3n) is 1.86. The Kier molecular flexibility index (Phi) is 4.62. The highest BCUT2D eigenvalue weighted by Crippen LogP contribution is 2.11. The Morgan fingerprint density at radius 2 is 1.88 bits per heavy atom. The van der Waals surface area contributed by atoms with Crippen LogP contribution in [0.1, 0.15) is 6.42 Å². The molecule has 0 aromatic heterocycles. The van der Waals surface area contributed by atoms with Crippen LogP contribution in [0.4, 0.5) is 0 Å². The molecule has 0 bridgehead atoms. The number of aliphatic carboxylic acids is 1. The molecule has 1 aromatic carbocycles. The summed E-state index contributed by atoms with van der Waals surface area (Å²) in [5, 5.41) is 17.5. The van der Waals surface area contributed by atoms with Crippen LogP contribution in [-0.4, -0.2) is 37.3 Å². The molecule has 7 heteroatoms. The summed E-state index contributed by atoms with van der Waals surface area (Å²) in [5.41, 5.74) is 0. The number of hydrogen-bond donors (Lipinski definition) is 2. The molecule has 1 aromatic rings. The summed E-state index contributed by atoms with van der Waals surface area (Å²) in [6.07, 6.45) is -1.92. The fourth-order valence-electron chi connectivity index (χ4n) is 1.08. The molecule has 17 heavy (non-hydrogen) atoms. The summed E-state index contributed by atoms with van der Waals surface area (Å²) in [4.78, 5) is 10.2. The average molecular weight is 260 g/mol. The first-order valence-electron chi connectivity index (χ1n) is 4.76. The standard InChI is InChI=1S/C10H12O6S/c11-8(6-10(12)13)7-16-17(14,15)9-4-2-1-3-5-9/h1-5,8,11H,6-7H2,(H,12,13). The molecule has 0 amide bonds. The normalized spacial score (nSPS) is 13.2. The highest BCUT2D eigenvalue weighted by molar-refractivity contribution is 7.86. The first-order chi connectivity index (χ1) is 7.92. The summed E-state index contributed by atoms with van der Waals surface area (Å²) in [6.45, 7) is -0.580. The largest absolute Gasteiger partial charge is 0.481 e. The second-order valence-corrected chi connectivity index (χ2v) is 4.92. The molecule has 0 heterocycles. The summed E-state index contributed by atoms with van der Waals surface area (Å²) >= 11 is 0. The van der Waals surface area contributed by atoms with Crippen molar-refractivity contribution in [1.29, 1.82) is 0 Å². The van der Waals surface area contributed by atoms with Crippen LogP contribution < -0.4 is 0 Å². The molecule has 6 nitrogen and oxygen atoms in total. The number of carboxylic acids is 1. The van der Waals surface area contributed by atoms with E-state index in [9.17, 15) is 13.2 Å². The van der Waals surface area contributed by atoms with E-state index >= 15 is 0 Å². The van der Waals surface area contributed by atoms with Gasteiger partial charge in [-0.3, -0.25) is 8.98 Å². The van der Waals surface area contributed by atoms with E-state index in [2.05, 4.69) is 4.18 Å². The van der Waals surface area contributed by atoms with Gasteiger partial charge in [-0.2, -0.15) is 8.42 Å².